The zero-order valence-electron chi connectivity index (χ0n) is 23.7. The molecule has 1 aromatic rings. The van der Waals surface area contributed by atoms with Crippen molar-refractivity contribution >= 4 is 33.5 Å². The predicted octanol–water partition coefficient (Wildman–Crippen LogP) is 0.735. The average Bonchev–Trinajstić information content (AvgIpc) is 2.99. The van der Waals surface area contributed by atoms with Gasteiger partial charge in [-0.1, -0.05) is 6.07 Å². The van der Waals surface area contributed by atoms with Gasteiger partial charge in [0, 0.05) is 24.6 Å². The minimum Gasteiger partial charge on any atom is -0.480 e. The van der Waals surface area contributed by atoms with Gasteiger partial charge in [-0.05, 0) is 95.4 Å². The molecule has 0 radical (unpaired) electrons. The zero-order chi connectivity index (χ0) is 30.5. The van der Waals surface area contributed by atoms with E-state index in [1.165, 1.54) is 6.07 Å². The Bertz CT molecular complexity index is 1160. The predicted molar refractivity (Wildman–Crippen MR) is 154 cm³/mol. The van der Waals surface area contributed by atoms with Gasteiger partial charge >= 0.3 is 5.97 Å². The maximum atomic E-state index is 13.1. The second kappa shape index (κ2) is 16.5. The van der Waals surface area contributed by atoms with E-state index in [-0.39, 0.29) is 18.4 Å². The number of nitrogens with zero attached hydrogens (tertiary/aromatic N) is 1. The number of piperidine rings is 2. The summed E-state index contributed by atoms with van der Waals surface area (Å²) in [5, 5.41) is 32.2. The van der Waals surface area contributed by atoms with Crippen LogP contribution in [0.5, 0.6) is 0 Å². The molecule has 42 heavy (non-hydrogen) atoms. The van der Waals surface area contributed by atoms with Gasteiger partial charge in [-0.2, -0.15) is 4.72 Å². The van der Waals surface area contributed by atoms with Gasteiger partial charge in [-0.25, -0.2) is 8.42 Å². The fraction of sp³-hybridized carbons (Fsp3) is 0.667. The highest BCUT2D eigenvalue weighted by atomic mass is 32.2. The normalized spacial score (nSPS) is 17.5. The van der Waals surface area contributed by atoms with Gasteiger partial charge in [0.15, 0.2) is 0 Å². The number of carbonyl (C=O) groups excluding carboxylic acids is 2. The van der Waals surface area contributed by atoms with Crippen molar-refractivity contribution in [2.75, 3.05) is 39.3 Å². The molecule has 1 atom stereocenters. The van der Waals surface area contributed by atoms with Crippen molar-refractivity contribution in [3.8, 4) is 0 Å². The van der Waals surface area contributed by atoms with E-state index < -0.39 is 50.0 Å². The molecule has 2 amide bonds. The number of hydrogen-bond acceptors (Lipinski definition) is 9. The first kappa shape index (κ1) is 33.4. The Morgan fingerprint density at radius 2 is 1.55 bits per heavy atom. The fourth-order valence-electron chi connectivity index (χ4n) is 5.41. The van der Waals surface area contributed by atoms with Crippen LogP contribution in [0.25, 0.3) is 0 Å². The third kappa shape index (κ3) is 10.9. The lowest BCUT2D eigenvalue weighted by Crippen LogP contribution is -2.50. The molecule has 1 aromatic carbocycles. The molecule has 3 rings (SSSR count). The van der Waals surface area contributed by atoms with E-state index in [0.717, 1.165) is 95.7 Å². The topological polar surface area (TPSA) is 209 Å². The van der Waals surface area contributed by atoms with Crippen molar-refractivity contribution < 1.29 is 32.8 Å². The number of carboxylic acids is 1. The third-order valence-electron chi connectivity index (χ3n) is 8.00. The number of hydrogen-bond donors (Lipinski definition) is 6. The summed E-state index contributed by atoms with van der Waals surface area (Å²) in [4.78, 5) is 47.0. The summed E-state index contributed by atoms with van der Waals surface area (Å²) in [6, 6.07) is 2.43. The zero-order valence-corrected chi connectivity index (χ0v) is 24.5. The first-order valence-electron chi connectivity index (χ1n) is 14.5. The van der Waals surface area contributed by atoms with E-state index in [2.05, 4.69) is 21.3 Å². The Balaban J connectivity index is 1.51. The molecule has 15 heteroatoms. The van der Waals surface area contributed by atoms with Gasteiger partial charge in [0.05, 0.1) is 16.4 Å². The summed E-state index contributed by atoms with van der Waals surface area (Å²) in [6.07, 6.45) is 7.71. The monoisotopic (exact) mass is 610 g/mol. The Labute approximate surface area is 246 Å². The number of rotatable bonds is 16. The summed E-state index contributed by atoms with van der Waals surface area (Å²) in [5.41, 5.74) is -0.474. The van der Waals surface area contributed by atoms with Crippen LogP contribution in [-0.4, -0.2) is 81.5 Å². The second-order valence-corrected chi connectivity index (χ2v) is 12.7. The Kier molecular flexibility index (Phi) is 13.1. The fourth-order valence-corrected chi connectivity index (χ4v) is 6.64. The Hall–Kier alpha value is -3.14. The van der Waals surface area contributed by atoms with Crippen LogP contribution in [0.15, 0.2) is 29.2 Å². The van der Waals surface area contributed by atoms with Crippen molar-refractivity contribution in [1.29, 1.82) is 0 Å². The minimum atomic E-state index is -4.44. The molecule has 234 valence electrons. The quantitative estimate of drug-likeness (QED) is 0.114. The van der Waals surface area contributed by atoms with Gasteiger partial charge < -0.3 is 26.4 Å². The number of sulfonamides is 1. The van der Waals surface area contributed by atoms with Crippen molar-refractivity contribution in [3.63, 3.8) is 0 Å². The number of nitrogens with one attached hydrogen (secondary N) is 5. The van der Waals surface area contributed by atoms with Crippen molar-refractivity contribution in [2.24, 2.45) is 17.8 Å². The van der Waals surface area contributed by atoms with E-state index in [1.54, 1.807) is 0 Å². The van der Waals surface area contributed by atoms with Gasteiger partial charge in [-0.15, -0.1) is 0 Å². The molecular formula is C27H42N6O8S. The van der Waals surface area contributed by atoms with E-state index in [4.69, 9.17) is 0 Å². The molecule has 0 aliphatic carbocycles. The Morgan fingerprint density at radius 3 is 2.07 bits per heavy atom. The maximum Gasteiger partial charge on any atom is 0.323 e. The van der Waals surface area contributed by atoms with Crippen LogP contribution < -0.4 is 26.0 Å². The molecule has 6 N–H and O–H groups in total. The first-order valence-corrected chi connectivity index (χ1v) is 16.0. The first-order chi connectivity index (χ1) is 20.0. The molecule has 2 fully saturated rings. The van der Waals surface area contributed by atoms with Crippen LogP contribution in [-0.2, 0) is 24.4 Å². The third-order valence-corrected chi connectivity index (χ3v) is 9.47. The molecule has 2 aliphatic rings. The maximum absolute atomic E-state index is 13.1. The number of nitro benzene ring substituents is 1. The number of nitro groups is 1. The highest BCUT2D eigenvalue weighted by Gasteiger charge is 2.28. The SMILES string of the molecule is O=C(CNC(=O)C(CCC1CCNCC1)CCC1CCNCC1)NCC(NS(=O)(=O)c1cccc([N+](=O)[O-])c1)C(=O)O. The van der Waals surface area contributed by atoms with Gasteiger partial charge in [0.2, 0.25) is 21.8 Å². The highest BCUT2D eigenvalue weighted by Crippen LogP contribution is 2.27. The van der Waals surface area contributed by atoms with Crippen molar-refractivity contribution in [1.82, 2.24) is 26.0 Å². The van der Waals surface area contributed by atoms with Gasteiger partial charge in [-0.3, -0.25) is 24.5 Å². The van der Waals surface area contributed by atoms with Crippen LogP contribution in [0.3, 0.4) is 0 Å². The summed E-state index contributed by atoms with van der Waals surface area (Å²) in [7, 11) is -4.44. The summed E-state index contributed by atoms with van der Waals surface area (Å²) < 4.78 is 27.2. The van der Waals surface area contributed by atoms with E-state index in [1.807, 2.05) is 4.72 Å². The molecule has 0 spiro atoms. The van der Waals surface area contributed by atoms with E-state index in [0.29, 0.717) is 11.8 Å². The molecule has 0 saturated carbocycles. The highest BCUT2D eigenvalue weighted by molar-refractivity contribution is 7.89. The second-order valence-electron chi connectivity index (χ2n) is 11.0. The van der Waals surface area contributed by atoms with Crippen LogP contribution in [0.4, 0.5) is 5.69 Å². The summed E-state index contributed by atoms with van der Waals surface area (Å²) in [6.45, 7) is 2.96. The van der Waals surface area contributed by atoms with Crippen molar-refractivity contribution in [2.45, 2.75) is 62.3 Å². The number of benzene rings is 1. The lowest BCUT2D eigenvalue weighted by Gasteiger charge is -2.27. The molecule has 2 aliphatic heterocycles. The van der Waals surface area contributed by atoms with Crippen LogP contribution in [0, 0.1) is 27.9 Å². The number of aliphatic carboxylic acids is 1. The van der Waals surface area contributed by atoms with Crippen LogP contribution >= 0.6 is 0 Å². The molecular weight excluding hydrogens is 568 g/mol. The largest absolute Gasteiger partial charge is 0.480 e. The number of non-ortho nitro benzene ring substituents is 1. The molecule has 14 nitrogen and oxygen atoms in total. The molecule has 2 saturated heterocycles. The lowest BCUT2D eigenvalue weighted by molar-refractivity contribution is -0.385. The van der Waals surface area contributed by atoms with Crippen LogP contribution in [0.2, 0.25) is 0 Å². The van der Waals surface area contributed by atoms with Gasteiger partial charge in [0.1, 0.15) is 6.04 Å². The van der Waals surface area contributed by atoms with Crippen molar-refractivity contribution in [3.05, 3.63) is 34.4 Å². The lowest BCUT2D eigenvalue weighted by atomic mass is 9.84. The standard InChI is InChI=1S/C27H42N6O8S/c34-25(30-17-24(27(36)37)32-42(40,41)23-3-1-2-22(16-23)33(38)39)18-31-26(35)21(6-4-19-8-12-28-13-9-19)7-5-20-10-14-29-15-11-20/h1-3,16,19-21,24,28-29,32H,4-15,17-18H2,(H,30,34)(H,31,35)(H,36,37). The van der Waals surface area contributed by atoms with Gasteiger partial charge in [0.25, 0.3) is 5.69 Å². The van der Waals surface area contributed by atoms with E-state index >= 15 is 0 Å². The van der Waals surface area contributed by atoms with Crippen LogP contribution in [0.1, 0.15) is 51.4 Å². The molecule has 1 unspecified atom stereocenters. The summed E-state index contributed by atoms with van der Waals surface area (Å²) >= 11 is 0. The number of carboxylic acid groups (broad SMARTS) is 1. The minimum absolute atomic E-state index is 0.214. The summed E-state index contributed by atoms with van der Waals surface area (Å²) in [5.74, 6) is -1.51. The Morgan fingerprint density at radius 1 is 0.976 bits per heavy atom. The number of carbonyl (C=O) groups is 3. The smallest absolute Gasteiger partial charge is 0.323 e. The van der Waals surface area contributed by atoms with E-state index in [9.17, 15) is 38.0 Å². The average molecular weight is 611 g/mol. The molecule has 0 bridgehead atoms. The number of amides is 2. The molecule has 2 heterocycles. The molecule has 0 aromatic heterocycles.